The van der Waals surface area contributed by atoms with Gasteiger partial charge >= 0.3 is 0 Å². The molecule has 0 atom stereocenters. The molecule has 1 rings (SSSR count). The third-order valence-electron chi connectivity index (χ3n) is 2.81. The van der Waals surface area contributed by atoms with Crippen LogP contribution in [0.4, 0.5) is 4.39 Å². The first-order valence-electron chi connectivity index (χ1n) is 6.55. The fourth-order valence-electron chi connectivity index (χ4n) is 1.67. The minimum Gasteiger partial charge on any atom is -0.370 e. The number of thioether (sulfide) groups is 1. The quantitative estimate of drug-likeness (QED) is 0.324. The molecular weight excluding hydrogens is 388 g/mol. The number of hydrogen-bond acceptors (Lipinski definition) is 2. The second kappa shape index (κ2) is 11.2. The molecule has 0 radical (unpaired) electrons. The molecule has 0 unspecified atom stereocenters. The van der Waals surface area contributed by atoms with Gasteiger partial charge in [-0.2, -0.15) is 11.8 Å². The maximum atomic E-state index is 13.4. The lowest BCUT2D eigenvalue weighted by Crippen LogP contribution is -2.37. The highest BCUT2D eigenvalue weighted by Gasteiger charge is 2.02. The van der Waals surface area contributed by atoms with Gasteiger partial charge in [0.05, 0.1) is 6.54 Å². The molecule has 0 aromatic heterocycles. The molecule has 0 saturated heterocycles. The molecule has 0 fully saturated rings. The molecule has 1 aromatic carbocycles. The summed E-state index contributed by atoms with van der Waals surface area (Å²) < 4.78 is 13.4. The van der Waals surface area contributed by atoms with E-state index in [1.807, 2.05) is 17.0 Å². The maximum Gasteiger partial charge on any atom is 0.191 e. The number of rotatable bonds is 7. The zero-order valence-corrected chi connectivity index (χ0v) is 15.2. The van der Waals surface area contributed by atoms with Crippen molar-refractivity contribution in [1.82, 2.24) is 4.90 Å². The van der Waals surface area contributed by atoms with Crippen LogP contribution in [0.15, 0.2) is 29.3 Å². The molecule has 114 valence electrons. The minimum atomic E-state index is -0.138. The zero-order chi connectivity index (χ0) is 14.1. The highest BCUT2D eigenvalue weighted by atomic mass is 127. The first-order chi connectivity index (χ1) is 9.19. The van der Waals surface area contributed by atoms with Crippen LogP contribution in [0.2, 0.25) is 0 Å². The lowest BCUT2D eigenvalue weighted by molar-refractivity contribution is 0.458. The highest BCUT2D eigenvalue weighted by Crippen LogP contribution is 2.14. The van der Waals surface area contributed by atoms with Gasteiger partial charge in [-0.15, -0.1) is 24.0 Å². The Hall–Kier alpha value is -0.500. The van der Waals surface area contributed by atoms with E-state index >= 15 is 0 Å². The van der Waals surface area contributed by atoms with Crippen LogP contribution in [0.25, 0.3) is 0 Å². The van der Waals surface area contributed by atoms with Gasteiger partial charge in [-0.3, -0.25) is 4.99 Å². The van der Waals surface area contributed by atoms with E-state index < -0.39 is 0 Å². The summed E-state index contributed by atoms with van der Waals surface area (Å²) in [4.78, 5) is 6.34. The molecule has 2 N–H and O–H groups in total. The number of halogens is 2. The Labute approximate surface area is 142 Å². The van der Waals surface area contributed by atoms with Crippen LogP contribution in [0.5, 0.6) is 0 Å². The lowest BCUT2D eigenvalue weighted by atomic mass is 10.2. The Morgan fingerprint density at radius 2 is 1.95 bits per heavy atom. The van der Waals surface area contributed by atoms with Crippen molar-refractivity contribution in [3.63, 3.8) is 0 Å². The van der Waals surface area contributed by atoms with Crippen molar-refractivity contribution in [2.45, 2.75) is 19.6 Å². The summed E-state index contributed by atoms with van der Waals surface area (Å²) >= 11 is 1.67. The number of benzene rings is 1. The van der Waals surface area contributed by atoms with Gasteiger partial charge in [0.25, 0.3) is 0 Å². The molecule has 0 aliphatic carbocycles. The van der Waals surface area contributed by atoms with Crippen LogP contribution in [0, 0.1) is 5.82 Å². The summed E-state index contributed by atoms with van der Waals surface area (Å²) in [5, 5.41) is 0. The second-order valence-electron chi connectivity index (χ2n) is 4.06. The molecule has 1 aromatic rings. The van der Waals surface area contributed by atoms with E-state index in [2.05, 4.69) is 18.8 Å². The molecule has 0 amide bonds. The first-order valence-corrected chi connectivity index (χ1v) is 7.70. The van der Waals surface area contributed by atoms with Crippen molar-refractivity contribution in [2.24, 2.45) is 10.7 Å². The van der Waals surface area contributed by atoms with Gasteiger partial charge in [-0.05, 0) is 25.5 Å². The van der Waals surface area contributed by atoms with Crippen molar-refractivity contribution < 1.29 is 4.39 Å². The average Bonchev–Trinajstić information content (AvgIpc) is 2.42. The lowest BCUT2D eigenvalue weighted by Gasteiger charge is -2.19. The summed E-state index contributed by atoms with van der Waals surface area (Å²) in [6, 6.07) is 6.87. The molecule has 0 saturated carbocycles. The fourth-order valence-corrected chi connectivity index (χ4v) is 2.49. The van der Waals surface area contributed by atoms with Crippen molar-refractivity contribution in [3.8, 4) is 0 Å². The normalized spacial score (nSPS) is 11.1. The third-order valence-corrected chi connectivity index (χ3v) is 3.80. The van der Waals surface area contributed by atoms with Gasteiger partial charge in [-0.1, -0.05) is 18.2 Å². The molecule has 0 heterocycles. The Morgan fingerprint density at radius 3 is 2.55 bits per heavy atom. The molecule has 0 bridgehead atoms. The number of hydrogen-bond donors (Lipinski definition) is 1. The predicted octanol–water partition coefficient (Wildman–Crippen LogP) is 3.33. The van der Waals surface area contributed by atoms with E-state index in [0.717, 1.165) is 24.4 Å². The summed E-state index contributed by atoms with van der Waals surface area (Å²) in [6.45, 7) is 6.52. The molecular formula is C14H23FIN3S. The Balaban J connectivity index is 0.00000361. The number of guanidine groups is 1. The van der Waals surface area contributed by atoms with Gasteiger partial charge in [0.15, 0.2) is 5.96 Å². The SMILES string of the molecule is CCN(CC)C(N)=NCCSCc1ccccc1F.I. The smallest absolute Gasteiger partial charge is 0.191 e. The molecule has 20 heavy (non-hydrogen) atoms. The van der Waals surface area contributed by atoms with Crippen LogP contribution in [-0.2, 0) is 5.75 Å². The predicted molar refractivity (Wildman–Crippen MR) is 97.4 cm³/mol. The van der Waals surface area contributed by atoms with Gasteiger partial charge < -0.3 is 10.6 Å². The highest BCUT2D eigenvalue weighted by molar-refractivity contribution is 14.0. The van der Waals surface area contributed by atoms with Crippen molar-refractivity contribution in [3.05, 3.63) is 35.6 Å². The third kappa shape index (κ3) is 6.78. The van der Waals surface area contributed by atoms with E-state index in [1.54, 1.807) is 17.8 Å². The summed E-state index contributed by atoms with van der Waals surface area (Å²) in [7, 11) is 0. The molecule has 0 aliphatic rings. The van der Waals surface area contributed by atoms with Gasteiger partial charge in [-0.25, -0.2) is 4.39 Å². The molecule has 3 nitrogen and oxygen atoms in total. The van der Waals surface area contributed by atoms with Gasteiger partial charge in [0.1, 0.15) is 5.82 Å². The van der Waals surface area contributed by atoms with Crippen LogP contribution >= 0.6 is 35.7 Å². The second-order valence-corrected chi connectivity index (χ2v) is 5.16. The Bertz CT molecular complexity index is 411. The van der Waals surface area contributed by atoms with Gasteiger partial charge in [0.2, 0.25) is 0 Å². The molecule has 6 heteroatoms. The van der Waals surface area contributed by atoms with Crippen molar-refractivity contribution in [1.29, 1.82) is 0 Å². The summed E-state index contributed by atoms with van der Waals surface area (Å²) in [5.41, 5.74) is 6.61. The first kappa shape index (κ1) is 19.5. The molecule has 0 spiro atoms. The summed E-state index contributed by atoms with van der Waals surface area (Å²) in [5.74, 6) is 1.97. The maximum absolute atomic E-state index is 13.4. The largest absolute Gasteiger partial charge is 0.370 e. The zero-order valence-electron chi connectivity index (χ0n) is 12.0. The van der Waals surface area contributed by atoms with Crippen molar-refractivity contribution >= 4 is 41.7 Å². The fraction of sp³-hybridized carbons (Fsp3) is 0.500. The van der Waals surface area contributed by atoms with E-state index in [-0.39, 0.29) is 29.8 Å². The Morgan fingerprint density at radius 1 is 1.30 bits per heavy atom. The molecule has 0 aliphatic heterocycles. The minimum absolute atomic E-state index is 0. The monoisotopic (exact) mass is 411 g/mol. The van der Waals surface area contributed by atoms with Crippen LogP contribution in [0.3, 0.4) is 0 Å². The van der Waals surface area contributed by atoms with Crippen molar-refractivity contribution in [2.75, 3.05) is 25.4 Å². The van der Waals surface area contributed by atoms with E-state index in [9.17, 15) is 4.39 Å². The number of nitrogens with zero attached hydrogens (tertiary/aromatic N) is 2. The van der Waals surface area contributed by atoms with E-state index in [0.29, 0.717) is 18.3 Å². The van der Waals surface area contributed by atoms with Crippen LogP contribution in [0.1, 0.15) is 19.4 Å². The Kier molecular flexibility index (Phi) is 10.9. The van der Waals surface area contributed by atoms with E-state index in [1.165, 1.54) is 6.07 Å². The van der Waals surface area contributed by atoms with Crippen LogP contribution < -0.4 is 5.73 Å². The van der Waals surface area contributed by atoms with Crippen LogP contribution in [-0.4, -0.2) is 36.2 Å². The number of nitrogens with two attached hydrogens (primary N) is 1. The average molecular weight is 411 g/mol. The van der Waals surface area contributed by atoms with Gasteiger partial charge in [0, 0.05) is 24.6 Å². The topological polar surface area (TPSA) is 41.6 Å². The van der Waals surface area contributed by atoms with E-state index in [4.69, 9.17) is 5.73 Å². The number of aliphatic imine (C=N–C) groups is 1. The standard InChI is InChI=1S/C14H22FN3S.HI/c1-3-18(4-2)14(16)17-9-10-19-11-12-7-5-6-8-13(12)15;/h5-8H,3-4,9-11H2,1-2H3,(H2,16,17);1H. The summed E-state index contributed by atoms with van der Waals surface area (Å²) in [6.07, 6.45) is 0.